The standard InChI is InChI=1S/C30H26O11/c31-18-9-6-16(7-10-18)8-11-25(34)38-15-24-27(35)28(36)29(37)30(41-24)39-19-12-20(32)26-21(33)14-22(40-23(26)13-19)17-4-2-1-3-5-17/h1-14,24,27-32,35-37H,15H2. The van der Waals surface area contributed by atoms with Crippen molar-refractivity contribution in [1.29, 1.82) is 0 Å². The van der Waals surface area contributed by atoms with Gasteiger partial charge in [-0.25, -0.2) is 4.79 Å². The number of rotatable bonds is 7. The fraction of sp³-hybridized carbons (Fsp3) is 0.200. The van der Waals surface area contributed by atoms with Gasteiger partial charge in [-0.2, -0.15) is 0 Å². The molecular formula is C30H26O11. The van der Waals surface area contributed by atoms with Crippen LogP contribution in [0.4, 0.5) is 0 Å². The summed E-state index contributed by atoms with van der Waals surface area (Å²) in [5.74, 6) is -0.943. The van der Waals surface area contributed by atoms with Crippen molar-refractivity contribution in [3.63, 3.8) is 0 Å². The maximum Gasteiger partial charge on any atom is 0.330 e. The van der Waals surface area contributed by atoms with Crippen LogP contribution in [0.1, 0.15) is 5.56 Å². The number of aromatic hydroxyl groups is 2. The third kappa shape index (κ3) is 6.23. The van der Waals surface area contributed by atoms with Crippen LogP contribution in [0.3, 0.4) is 0 Å². The van der Waals surface area contributed by atoms with Crippen molar-refractivity contribution >= 4 is 23.0 Å². The molecule has 11 heteroatoms. The second-order valence-electron chi connectivity index (χ2n) is 9.34. The summed E-state index contributed by atoms with van der Waals surface area (Å²) in [5.41, 5.74) is 0.785. The van der Waals surface area contributed by atoms with Crippen LogP contribution < -0.4 is 10.2 Å². The second kappa shape index (κ2) is 11.8. The lowest BCUT2D eigenvalue weighted by molar-refractivity contribution is -0.278. The fourth-order valence-corrected chi connectivity index (χ4v) is 4.30. The summed E-state index contributed by atoms with van der Waals surface area (Å²) in [7, 11) is 0. The van der Waals surface area contributed by atoms with Crippen LogP contribution in [0.25, 0.3) is 28.4 Å². The molecule has 1 aliphatic heterocycles. The number of fused-ring (bicyclic) bond motifs is 1. The molecule has 1 fully saturated rings. The van der Waals surface area contributed by atoms with Crippen LogP contribution >= 0.6 is 0 Å². The Morgan fingerprint density at radius 3 is 2.37 bits per heavy atom. The molecule has 0 amide bonds. The molecule has 5 atom stereocenters. The van der Waals surface area contributed by atoms with E-state index in [1.54, 1.807) is 36.4 Å². The minimum Gasteiger partial charge on any atom is -0.508 e. The Kier molecular flexibility index (Phi) is 8.04. The largest absolute Gasteiger partial charge is 0.508 e. The Morgan fingerprint density at radius 2 is 1.63 bits per heavy atom. The Balaban J connectivity index is 1.31. The molecule has 3 aromatic carbocycles. The number of esters is 1. The zero-order chi connectivity index (χ0) is 29.1. The van der Waals surface area contributed by atoms with Gasteiger partial charge in [0.2, 0.25) is 6.29 Å². The maximum atomic E-state index is 12.7. The first-order valence-electron chi connectivity index (χ1n) is 12.6. The number of ether oxygens (including phenoxy) is 3. The summed E-state index contributed by atoms with van der Waals surface area (Å²) < 4.78 is 22.2. The van der Waals surface area contributed by atoms with Gasteiger partial charge in [-0.3, -0.25) is 4.79 Å². The van der Waals surface area contributed by atoms with Gasteiger partial charge in [0.25, 0.3) is 0 Å². The zero-order valence-corrected chi connectivity index (χ0v) is 21.4. The van der Waals surface area contributed by atoms with Crippen molar-refractivity contribution in [3.05, 3.63) is 94.7 Å². The molecule has 0 aliphatic carbocycles. The highest BCUT2D eigenvalue weighted by atomic mass is 16.7. The molecule has 5 N–H and O–H groups in total. The number of aliphatic hydroxyl groups is 3. The monoisotopic (exact) mass is 562 g/mol. The van der Waals surface area contributed by atoms with Gasteiger partial charge in [-0.1, -0.05) is 42.5 Å². The molecule has 41 heavy (non-hydrogen) atoms. The first-order valence-corrected chi connectivity index (χ1v) is 12.6. The molecule has 5 unspecified atom stereocenters. The average Bonchev–Trinajstić information content (AvgIpc) is 2.96. The molecule has 1 aromatic heterocycles. The molecule has 0 radical (unpaired) electrons. The Morgan fingerprint density at radius 1 is 0.902 bits per heavy atom. The van der Waals surface area contributed by atoms with Crippen molar-refractivity contribution in [2.75, 3.05) is 6.61 Å². The van der Waals surface area contributed by atoms with Gasteiger partial charge in [-0.05, 0) is 23.8 Å². The normalized spacial score (nSPS) is 22.6. The first-order chi connectivity index (χ1) is 19.7. The predicted molar refractivity (Wildman–Crippen MR) is 145 cm³/mol. The maximum absolute atomic E-state index is 12.7. The van der Waals surface area contributed by atoms with E-state index in [1.165, 1.54) is 30.3 Å². The van der Waals surface area contributed by atoms with Crippen LogP contribution in [-0.2, 0) is 14.3 Å². The Hall–Kier alpha value is -4.68. The van der Waals surface area contributed by atoms with Gasteiger partial charge in [-0.15, -0.1) is 0 Å². The topological polar surface area (TPSA) is 176 Å². The van der Waals surface area contributed by atoms with Crippen LogP contribution in [-0.4, -0.2) is 68.8 Å². The number of phenols is 2. The summed E-state index contributed by atoms with van der Waals surface area (Å²) in [5, 5.41) is 51.0. The van der Waals surface area contributed by atoms with Crippen molar-refractivity contribution in [2.24, 2.45) is 0 Å². The Bertz CT molecular complexity index is 1610. The lowest BCUT2D eigenvalue weighted by atomic mass is 9.99. The lowest BCUT2D eigenvalue weighted by Gasteiger charge is -2.39. The van der Waals surface area contributed by atoms with Gasteiger partial charge in [0.1, 0.15) is 65.0 Å². The van der Waals surface area contributed by atoms with Crippen LogP contribution in [0, 0.1) is 0 Å². The number of hydrogen-bond acceptors (Lipinski definition) is 11. The second-order valence-corrected chi connectivity index (χ2v) is 9.34. The smallest absolute Gasteiger partial charge is 0.330 e. The molecule has 4 aromatic rings. The summed E-state index contributed by atoms with van der Waals surface area (Å²) in [6.45, 7) is -0.484. The molecule has 0 spiro atoms. The van der Waals surface area contributed by atoms with Gasteiger partial charge in [0.05, 0.1) is 0 Å². The van der Waals surface area contributed by atoms with E-state index in [-0.39, 0.29) is 28.2 Å². The number of carbonyl (C=O) groups is 1. The minimum absolute atomic E-state index is 0.00290. The molecule has 1 saturated heterocycles. The summed E-state index contributed by atoms with van der Waals surface area (Å²) >= 11 is 0. The fourth-order valence-electron chi connectivity index (χ4n) is 4.30. The quantitative estimate of drug-likeness (QED) is 0.165. The van der Waals surface area contributed by atoms with Crippen molar-refractivity contribution < 1.29 is 49.0 Å². The molecular weight excluding hydrogens is 536 g/mol. The number of phenolic OH excluding ortho intramolecular Hbond substituents is 2. The van der Waals surface area contributed by atoms with Gasteiger partial charge < -0.3 is 44.2 Å². The SMILES string of the molecule is O=C(C=Cc1ccc(O)cc1)OCC1OC(Oc2cc(O)c3c(=O)cc(-c4ccccc4)oc3c2)C(O)C(O)C1O. The molecule has 0 saturated carbocycles. The molecule has 2 heterocycles. The van der Waals surface area contributed by atoms with Crippen LogP contribution in [0.15, 0.2) is 88.1 Å². The highest BCUT2D eigenvalue weighted by molar-refractivity contribution is 5.87. The number of hydrogen-bond donors (Lipinski definition) is 5. The van der Waals surface area contributed by atoms with Crippen molar-refractivity contribution in [2.45, 2.75) is 30.7 Å². The van der Waals surface area contributed by atoms with E-state index in [0.717, 1.165) is 12.1 Å². The number of benzene rings is 3. The summed E-state index contributed by atoms with van der Waals surface area (Å²) in [4.78, 5) is 24.9. The number of aliphatic hydroxyl groups excluding tert-OH is 3. The molecule has 212 valence electrons. The summed E-state index contributed by atoms with van der Waals surface area (Å²) in [6, 6.07) is 18.6. The third-order valence-electron chi connectivity index (χ3n) is 6.46. The molecule has 5 rings (SSSR count). The van der Waals surface area contributed by atoms with E-state index in [4.69, 9.17) is 18.6 Å². The van der Waals surface area contributed by atoms with Gasteiger partial charge >= 0.3 is 5.97 Å². The molecule has 0 bridgehead atoms. The molecule has 11 nitrogen and oxygen atoms in total. The van der Waals surface area contributed by atoms with Gasteiger partial charge in [0, 0.05) is 29.8 Å². The Labute approximate surface area is 232 Å². The van der Waals surface area contributed by atoms with E-state index in [9.17, 15) is 35.1 Å². The zero-order valence-electron chi connectivity index (χ0n) is 21.4. The van der Waals surface area contributed by atoms with E-state index < -0.39 is 54.5 Å². The third-order valence-corrected chi connectivity index (χ3v) is 6.46. The minimum atomic E-state index is -1.72. The van der Waals surface area contributed by atoms with Gasteiger partial charge in [0.15, 0.2) is 5.43 Å². The van der Waals surface area contributed by atoms with Crippen molar-refractivity contribution in [1.82, 2.24) is 0 Å². The predicted octanol–water partition coefficient (Wildman–Crippen LogP) is 2.31. The number of carbonyl (C=O) groups excluding carboxylic acids is 1. The van der Waals surface area contributed by atoms with E-state index >= 15 is 0 Å². The van der Waals surface area contributed by atoms with E-state index in [0.29, 0.717) is 11.1 Å². The average molecular weight is 563 g/mol. The lowest BCUT2D eigenvalue weighted by Crippen LogP contribution is -2.60. The highest BCUT2D eigenvalue weighted by Gasteiger charge is 2.45. The van der Waals surface area contributed by atoms with Crippen molar-refractivity contribution in [3.8, 4) is 28.6 Å². The highest BCUT2D eigenvalue weighted by Crippen LogP contribution is 2.33. The first kappa shape index (κ1) is 27.9. The van der Waals surface area contributed by atoms with Crippen LogP contribution in [0.5, 0.6) is 17.2 Å². The van der Waals surface area contributed by atoms with Crippen LogP contribution in [0.2, 0.25) is 0 Å². The molecule has 1 aliphatic rings. The summed E-state index contributed by atoms with van der Waals surface area (Å²) in [6.07, 6.45) is -5.29. The van der Waals surface area contributed by atoms with E-state index in [1.807, 2.05) is 6.07 Å². The van der Waals surface area contributed by atoms with E-state index in [2.05, 4.69) is 0 Å².